The summed E-state index contributed by atoms with van der Waals surface area (Å²) in [4.78, 5) is 11.3. The Morgan fingerprint density at radius 1 is 1.42 bits per heavy atom. The second-order valence-electron chi connectivity index (χ2n) is 4.07. The SMILES string of the molecule is CC(=O)C1(C2CCCCO2)CC1. The summed E-state index contributed by atoms with van der Waals surface area (Å²) in [6, 6.07) is 0. The van der Waals surface area contributed by atoms with E-state index in [1.165, 1.54) is 12.8 Å². The van der Waals surface area contributed by atoms with E-state index in [1.54, 1.807) is 6.92 Å². The Morgan fingerprint density at radius 3 is 2.58 bits per heavy atom. The molecule has 1 aliphatic carbocycles. The zero-order chi connectivity index (χ0) is 8.60. The third-order valence-corrected chi connectivity index (χ3v) is 3.29. The van der Waals surface area contributed by atoms with Crippen molar-refractivity contribution in [3.05, 3.63) is 0 Å². The third-order valence-electron chi connectivity index (χ3n) is 3.29. The van der Waals surface area contributed by atoms with Crippen molar-refractivity contribution >= 4 is 5.78 Å². The van der Waals surface area contributed by atoms with Crippen LogP contribution in [0, 0.1) is 5.41 Å². The number of carbonyl (C=O) groups is 1. The first kappa shape index (κ1) is 8.24. The fourth-order valence-electron chi connectivity index (χ4n) is 2.21. The molecule has 1 atom stereocenters. The van der Waals surface area contributed by atoms with E-state index in [1.807, 2.05) is 0 Å². The highest BCUT2D eigenvalue weighted by Gasteiger charge is 2.54. The third kappa shape index (κ3) is 1.18. The van der Waals surface area contributed by atoms with Crippen LogP contribution >= 0.6 is 0 Å². The van der Waals surface area contributed by atoms with E-state index in [0.717, 1.165) is 25.9 Å². The first-order valence-corrected chi connectivity index (χ1v) is 4.88. The second-order valence-corrected chi connectivity index (χ2v) is 4.07. The quantitative estimate of drug-likeness (QED) is 0.629. The summed E-state index contributed by atoms with van der Waals surface area (Å²) >= 11 is 0. The molecular weight excluding hydrogens is 152 g/mol. The predicted octanol–water partition coefficient (Wildman–Crippen LogP) is 1.92. The first-order valence-electron chi connectivity index (χ1n) is 4.88. The number of ether oxygens (including phenoxy) is 1. The molecule has 0 bridgehead atoms. The van der Waals surface area contributed by atoms with Crippen LogP contribution in [-0.2, 0) is 9.53 Å². The number of ketones is 1. The zero-order valence-electron chi connectivity index (χ0n) is 7.64. The Kier molecular flexibility index (Phi) is 1.95. The molecule has 0 aromatic heterocycles. The number of rotatable bonds is 2. The molecule has 68 valence electrons. The molecule has 0 radical (unpaired) electrons. The van der Waals surface area contributed by atoms with Gasteiger partial charge in [0.15, 0.2) is 0 Å². The molecule has 1 saturated heterocycles. The Hall–Kier alpha value is -0.370. The van der Waals surface area contributed by atoms with E-state index in [4.69, 9.17) is 4.74 Å². The summed E-state index contributed by atoms with van der Waals surface area (Å²) in [5.41, 5.74) is -0.0412. The fourth-order valence-corrected chi connectivity index (χ4v) is 2.21. The van der Waals surface area contributed by atoms with Crippen molar-refractivity contribution in [3.63, 3.8) is 0 Å². The monoisotopic (exact) mass is 168 g/mol. The Balaban J connectivity index is 2.02. The molecule has 0 spiro atoms. The molecule has 2 fully saturated rings. The topological polar surface area (TPSA) is 26.3 Å². The molecule has 1 aliphatic heterocycles. The lowest BCUT2D eigenvalue weighted by Gasteiger charge is -2.28. The lowest BCUT2D eigenvalue weighted by molar-refractivity contribution is -0.130. The van der Waals surface area contributed by atoms with Crippen molar-refractivity contribution < 1.29 is 9.53 Å². The van der Waals surface area contributed by atoms with Crippen LogP contribution in [0.2, 0.25) is 0 Å². The van der Waals surface area contributed by atoms with Gasteiger partial charge in [0.05, 0.1) is 11.5 Å². The zero-order valence-corrected chi connectivity index (χ0v) is 7.64. The highest BCUT2D eigenvalue weighted by atomic mass is 16.5. The minimum Gasteiger partial charge on any atom is -0.377 e. The smallest absolute Gasteiger partial charge is 0.138 e. The van der Waals surface area contributed by atoms with Crippen LogP contribution in [-0.4, -0.2) is 18.5 Å². The number of carbonyl (C=O) groups excluding carboxylic acids is 1. The summed E-state index contributed by atoms with van der Waals surface area (Å²) in [5.74, 6) is 0.342. The number of Topliss-reactive ketones (excluding diaryl/α,β-unsaturated/α-hetero) is 1. The molecule has 2 nitrogen and oxygen atoms in total. The molecule has 2 aliphatic rings. The second kappa shape index (κ2) is 2.84. The lowest BCUT2D eigenvalue weighted by Crippen LogP contribution is -2.33. The van der Waals surface area contributed by atoms with Gasteiger partial charge in [0, 0.05) is 6.61 Å². The van der Waals surface area contributed by atoms with Crippen LogP contribution in [0.3, 0.4) is 0 Å². The molecule has 0 aromatic rings. The molecule has 0 amide bonds. The van der Waals surface area contributed by atoms with E-state index < -0.39 is 0 Å². The molecule has 12 heavy (non-hydrogen) atoms. The minimum atomic E-state index is -0.0412. The Bertz CT molecular complexity index is 188. The van der Waals surface area contributed by atoms with E-state index >= 15 is 0 Å². The summed E-state index contributed by atoms with van der Waals surface area (Å²) in [6.07, 6.45) is 5.88. The van der Waals surface area contributed by atoms with Gasteiger partial charge in [-0.05, 0) is 39.0 Å². The van der Waals surface area contributed by atoms with Crippen molar-refractivity contribution in [1.29, 1.82) is 0 Å². The summed E-state index contributed by atoms with van der Waals surface area (Å²) in [7, 11) is 0. The van der Waals surface area contributed by atoms with E-state index in [9.17, 15) is 4.79 Å². The van der Waals surface area contributed by atoms with Gasteiger partial charge in [-0.15, -0.1) is 0 Å². The van der Waals surface area contributed by atoms with E-state index in [0.29, 0.717) is 5.78 Å². The van der Waals surface area contributed by atoms with Gasteiger partial charge in [0.1, 0.15) is 5.78 Å². The summed E-state index contributed by atoms with van der Waals surface area (Å²) < 4.78 is 5.65. The number of hydrogen-bond donors (Lipinski definition) is 0. The molecule has 0 N–H and O–H groups in total. The molecular formula is C10H16O2. The molecule has 2 rings (SSSR count). The summed E-state index contributed by atoms with van der Waals surface area (Å²) in [6.45, 7) is 2.57. The van der Waals surface area contributed by atoms with Crippen molar-refractivity contribution in [2.24, 2.45) is 5.41 Å². The van der Waals surface area contributed by atoms with E-state index in [2.05, 4.69) is 0 Å². The van der Waals surface area contributed by atoms with Crippen LogP contribution in [0.4, 0.5) is 0 Å². The van der Waals surface area contributed by atoms with Crippen LogP contribution in [0.15, 0.2) is 0 Å². The van der Waals surface area contributed by atoms with Gasteiger partial charge in [-0.1, -0.05) is 0 Å². The van der Waals surface area contributed by atoms with Gasteiger partial charge in [0.25, 0.3) is 0 Å². The Labute approximate surface area is 73.3 Å². The van der Waals surface area contributed by atoms with Gasteiger partial charge in [-0.3, -0.25) is 4.79 Å². The van der Waals surface area contributed by atoms with Gasteiger partial charge >= 0.3 is 0 Å². The van der Waals surface area contributed by atoms with Crippen LogP contribution in [0.25, 0.3) is 0 Å². The molecule has 2 heteroatoms. The normalized spacial score (nSPS) is 32.9. The van der Waals surface area contributed by atoms with Gasteiger partial charge < -0.3 is 4.74 Å². The molecule has 0 aromatic carbocycles. The van der Waals surface area contributed by atoms with Crippen molar-refractivity contribution in [3.8, 4) is 0 Å². The van der Waals surface area contributed by atoms with Crippen LogP contribution < -0.4 is 0 Å². The minimum absolute atomic E-state index is 0.0412. The van der Waals surface area contributed by atoms with Crippen molar-refractivity contribution in [1.82, 2.24) is 0 Å². The van der Waals surface area contributed by atoms with Gasteiger partial charge in [0.2, 0.25) is 0 Å². The average Bonchev–Trinajstić information content (AvgIpc) is 2.86. The maximum Gasteiger partial charge on any atom is 0.138 e. The molecule has 1 saturated carbocycles. The first-order chi connectivity index (χ1) is 5.76. The van der Waals surface area contributed by atoms with Crippen molar-refractivity contribution in [2.45, 2.75) is 45.1 Å². The average molecular weight is 168 g/mol. The maximum absolute atomic E-state index is 11.3. The standard InChI is InChI=1S/C10H16O2/c1-8(11)10(5-6-10)9-4-2-3-7-12-9/h9H,2-7H2,1H3. The van der Waals surface area contributed by atoms with Crippen LogP contribution in [0.5, 0.6) is 0 Å². The largest absolute Gasteiger partial charge is 0.377 e. The van der Waals surface area contributed by atoms with Gasteiger partial charge in [-0.25, -0.2) is 0 Å². The Morgan fingerprint density at radius 2 is 2.17 bits per heavy atom. The van der Waals surface area contributed by atoms with Crippen molar-refractivity contribution in [2.75, 3.05) is 6.61 Å². The highest BCUT2D eigenvalue weighted by molar-refractivity contribution is 5.85. The van der Waals surface area contributed by atoms with E-state index in [-0.39, 0.29) is 11.5 Å². The fraction of sp³-hybridized carbons (Fsp3) is 0.900. The maximum atomic E-state index is 11.3. The predicted molar refractivity (Wildman–Crippen MR) is 45.9 cm³/mol. The lowest BCUT2D eigenvalue weighted by atomic mass is 9.89. The highest BCUT2D eigenvalue weighted by Crippen LogP contribution is 2.52. The molecule has 1 unspecified atom stereocenters. The number of hydrogen-bond acceptors (Lipinski definition) is 2. The van der Waals surface area contributed by atoms with Crippen LogP contribution in [0.1, 0.15) is 39.0 Å². The summed E-state index contributed by atoms with van der Waals surface area (Å²) in [5, 5.41) is 0. The molecule has 1 heterocycles. The van der Waals surface area contributed by atoms with Gasteiger partial charge in [-0.2, -0.15) is 0 Å².